The SMILES string of the molecule is COc1ccc(C(N)CSc2ccccc2C)cc1F. The van der Waals surface area contributed by atoms with Gasteiger partial charge < -0.3 is 10.5 Å². The third-order valence-electron chi connectivity index (χ3n) is 3.12. The summed E-state index contributed by atoms with van der Waals surface area (Å²) in [6.07, 6.45) is 0. The molecule has 2 rings (SSSR count). The Morgan fingerprint density at radius 2 is 2.00 bits per heavy atom. The summed E-state index contributed by atoms with van der Waals surface area (Å²) in [5.41, 5.74) is 8.13. The third-order valence-corrected chi connectivity index (χ3v) is 4.41. The molecule has 0 fully saturated rings. The van der Waals surface area contributed by atoms with Crippen LogP contribution in [0.1, 0.15) is 17.2 Å². The van der Waals surface area contributed by atoms with Crippen LogP contribution in [0.3, 0.4) is 0 Å². The zero-order valence-electron chi connectivity index (χ0n) is 11.6. The lowest BCUT2D eigenvalue weighted by atomic mass is 10.1. The smallest absolute Gasteiger partial charge is 0.165 e. The number of nitrogens with two attached hydrogens (primary N) is 1. The van der Waals surface area contributed by atoms with Gasteiger partial charge in [0.15, 0.2) is 11.6 Å². The van der Waals surface area contributed by atoms with E-state index in [1.54, 1.807) is 17.8 Å². The van der Waals surface area contributed by atoms with Crippen LogP contribution in [0.5, 0.6) is 5.75 Å². The number of halogens is 1. The highest BCUT2D eigenvalue weighted by Crippen LogP contribution is 2.27. The van der Waals surface area contributed by atoms with Crippen molar-refractivity contribution >= 4 is 11.8 Å². The normalized spacial score (nSPS) is 12.2. The van der Waals surface area contributed by atoms with Gasteiger partial charge in [-0.25, -0.2) is 4.39 Å². The van der Waals surface area contributed by atoms with Gasteiger partial charge in [0, 0.05) is 16.7 Å². The second kappa shape index (κ2) is 6.77. The predicted octanol–water partition coefficient (Wildman–Crippen LogP) is 3.93. The van der Waals surface area contributed by atoms with Gasteiger partial charge in [-0.05, 0) is 36.2 Å². The summed E-state index contributed by atoms with van der Waals surface area (Å²) in [6.45, 7) is 2.07. The van der Waals surface area contributed by atoms with E-state index < -0.39 is 0 Å². The summed E-state index contributed by atoms with van der Waals surface area (Å²) >= 11 is 1.69. The first-order chi connectivity index (χ1) is 9.61. The topological polar surface area (TPSA) is 35.2 Å². The number of ether oxygens (including phenoxy) is 1. The van der Waals surface area contributed by atoms with E-state index in [0.29, 0.717) is 5.75 Å². The molecule has 1 unspecified atom stereocenters. The Kier molecular flexibility index (Phi) is 5.04. The number of aryl methyl sites for hydroxylation is 1. The summed E-state index contributed by atoms with van der Waals surface area (Å²) < 4.78 is 18.6. The Labute approximate surface area is 123 Å². The number of methoxy groups -OCH3 is 1. The maximum atomic E-state index is 13.7. The van der Waals surface area contributed by atoms with Gasteiger partial charge in [-0.2, -0.15) is 0 Å². The molecule has 0 bridgehead atoms. The third kappa shape index (κ3) is 3.52. The lowest BCUT2D eigenvalue weighted by Gasteiger charge is -2.13. The first-order valence-corrected chi connectivity index (χ1v) is 7.38. The number of thioether (sulfide) groups is 1. The van der Waals surface area contributed by atoms with Crippen molar-refractivity contribution in [3.63, 3.8) is 0 Å². The molecule has 2 nitrogen and oxygen atoms in total. The molecule has 0 aliphatic heterocycles. The Hall–Kier alpha value is -1.52. The van der Waals surface area contributed by atoms with E-state index in [4.69, 9.17) is 10.5 Å². The van der Waals surface area contributed by atoms with Gasteiger partial charge in [-0.15, -0.1) is 11.8 Å². The van der Waals surface area contributed by atoms with Crippen LogP contribution in [0.15, 0.2) is 47.4 Å². The van der Waals surface area contributed by atoms with Gasteiger partial charge in [0.05, 0.1) is 7.11 Å². The van der Waals surface area contributed by atoms with Crippen molar-refractivity contribution in [3.8, 4) is 5.75 Å². The highest BCUT2D eigenvalue weighted by Gasteiger charge is 2.11. The standard InChI is InChI=1S/C16H18FNOS/c1-11-5-3-4-6-16(11)20-10-14(18)12-7-8-15(19-2)13(17)9-12/h3-9,14H,10,18H2,1-2H3. The average Bonchev–Trinajstić information content (AvgIpc) is 2.46. The quantitative estimate of drug-likeness (QED) is 0.848. The fraction of sp³-hybridized carbons (Fsp3) is 0.250. The average molecular weight is 291 g/mol. The second-order valence-electron chi connectivity index (χ2n) is 4.58. The van der Waals surface area contributed by atoms with Crippen LogP contribution in [0, 0.1) is 12.7 Å². The molecular weight excluding hydrogens is 273 g/mol. The highest BCUT2D eigenvalue weighted by molar-refractivity contribution is 7.99. The fourth-order valence-electron chi connectivity index (χ4n) is 1.91. The van der Waals surface area contributed by atoms with Crippen molar-refractivity contribution in [1.29, 1.82) is 0 Å². The van der Waals surface area contributed by atoms with Gasteiger partial charge in [-0.3, -0.25) is 0 Å². The van der Waals surface area contributed by atoms with Crippen LogP contribution in [-0.2, 0) is 0 Å². The van der Waals surface area contributed by atoms with Crippen molar-refractivity contribution < 1.29 is 9.13 Å². The Balaban J connectivity index is 2.03. The molecular formula is C16H18FNOS. The van der Waals surface area contributed by atoms with Crippen LogP contribution in [-0.4, -0.2) is 12.9 Å². The maximum Gasteiger partial charge on any atom is 0.165 e. The lowest BCUT2D eigenvalue weighted by molar-refractivity contribution is 0.386. The van der Waals surface area contributed by atoms with E-state index in [1.807, 2.05) is 18.2 Å². The van der Waals surface area contributed by atoms with E-state index in [2.05, 4.69) is 19.1 Å². The predicted molar refractivity (Wildman–Crippen MR) is 81.8 cm³/mol. The van der Waals surface area contributed by atoms with E-state index in [9.17, 15) is 4.39 Å². The van der Waals surface area contributed by atoms with Crippen LogP contribution in [0.4, 0.5) is 4.39 Å². The molecule has 0 aliphatic carbocycles. The van der Waals surface area contributed by atoms with E-state index >= 15 is 0 Å². The molecule has 0 heterocycles. The molecule has 20 heavy (non-hydrogen) atoms. The van der Waals surface area contributed by atoms with Crippen LogP contribution in [0.2, 0.25) is 0 Å². The second-order valence-corrected chi connectivity index (χ2v) is 5.64. The molecule has 0 radical (unpaired) electrons. The minimum absolute atomic E-state index is 0.208. The van der Waals surface area contributed by atoms with E-state index in [0.717, 1.165) is 5.56 Å². The summed E-state index contributed by atoms with van der Waals surface area (Å²) in [6, 6.07) is 12.8. The molecule has 0 saturated heterocycles. The number of benzene rings is 2. The largest absolute Gasteiger partial charge is 0.494 e. The minimum Gasteiger partial charge on any atom is -0.494 e. The zero-order chi connectivity index (χ0) is 14.5. The Morgan fingerprint density at radius 1 is 1.25 bits per heavy atom. The molecule has 0 spiro atoms. The fourth-order valence-corrected chi connectivity index (χ4v) is 2.93. The van der Waals surface area contributed by atoms with Crippen LogP contribution >= 0.6 is 11.8 Å². The van der Waals surface area contributed by atoms with Crippen molar-refractivity contribution in [3.05, 3.63) is 59.4 Å². The first-order valence-electron chi connectivity index (χ1n) is 6.39. The molecule has 2 aromatic rings. The molecule has 2 aromatic carbocycles. The molecule has 0 saturated carbocycles. The zero-order valence-corrected chi connectivity index (χ0v) is 12.4. The molecule has 0 aliphatic rings. The molecule has 4 heteroatoms. The summed E-state index contributed by atoms with van der Waals surface area (Å²) in [4.78, 5) is 1.21. The van der Waals surface area contributed by atoms with E-state index in [-0.39, 0.29) is 17.6 Å². The van der Waals surface area contributed by atoms with Crippen LogP contribution < -0.4 is 10.5 Å². The molecule has 1 atom stereocenters. The molecule has 0 amide bonds. The number of rotatable bonds is 5. The van der Waals surface area contributed by atoms with Crippen molar-refractivity contribution in [1.82, 2.24) is 0 Å². The summed E-state index contributed by atoms with van der Waals surface area (Å²) in [5, 5.41) is 0. The van der Waals surface area contributed by atoms with Crippen molar-refractivity contribution in [2.24, 2.45) is 5.73 Å². The van der Waals surface area contributed by atoms with Gasteiger partial charge in [0.2, 0.25) is 0 Å². The highest BCUT2D eigenvalue weighted by atomic mass is 32.2. The molecule has 106 valence electrons. The maximum absolute atomic E-state index is 13.7. The summed E-state index contributed by atoms with van der Waals surface area (Å²) in [7, 11) is 1.45. The van der Waals surface area contributed by atoms with Gasteiger partial charge >= 0.3 is 0 Å². The van der Waals surface area contributed by atoms with Crippen molar-refractivity contribution in [2.45, 2.75) is 17.9 Å². The first kappa shape index (κ1) is 14.9. The molecule has 2 N–H and O–H groups in total. The van der Waals surface area contributed by atoms with Gasteiger partial charge in [0.1, 0.15) is 0 Å². The van der Waals surface area contributed by atoms with E-state index in [1.165, 1.54) is 23.6 Å². The van der Waals surface area contributed by atoms with Crippen LogP contribution in [0.25, 0.3) is 0 Å². The number of hydrogen-bond acceptors (Lipinski definition) is 3. The van der Waals surface area contributed by atoms with Crippen molar-refractivity contribution in [2.75, 3.05) is 12.9 Å². The Bertz CT molecular complexity index is 588. The minimum atomic E-state index is -0.374. The number of hydrogen-bond donors (Lipinski definition) is 1. The molecule has 0 aromatic heterocycles. The van der Waals surface area contributed by atoms with Gasteiger partial charge in [-0.1, -0.05) is 24.3 Å². The monoisotopic (exact) mass is 291 g/mol. The van der Waals surface area contributed by atoms with Gasteiger partial charge in [0.25, 0.3) is 0 Å². The summed E-state index contributed by atoms with van der Waals surface area (Å²) in [5.74, 6) is 0.574. The Morgan fingerprint density at radius 3 is 2.65 bits per heavy atom. The lowest BCUT2D eigenvalue weighted by Crippen LogP contribution is -2.13.